The highest BCUT2D eigenvalue weighted by Gasteiger charge is 2.25. The number of aryl methyl sites for hydroxylation is 1. The molecule has 6 nitrogen and oxygen atoms in total. The van der Waals surface area contributed by atoms with Crippen molar-refractivity contribution in [1.29, 1.82) is 0 Å². The van der Waals surface area contributed by atoms with E-state index in [0.29, 0.717) is 5.76 Å². The van der Waals surface area contributed by atoms with Crippen molar-refractivity contribution in [2.75, 3.05) is 7.05 Å². The van der Waals surface area contributed by atoms with Crippen molar-refractivity contribution in [3.05, 3.63) is 17.8 Å². The summed E-state index contributed by atoms with van der Waals surface area (Å²) in [6.07, 6.45) is 1.41. The highest BCUT2D eigenvalue weighted by atomic mass is 16.4. The lowest BCUT2D eigenvalue weighted by molar-refractivity contribution is -0.141. The smallest absolute Gasteiger partial charge is 0.326 e. The maximum absolute atomic E-state index is 11.6. The molecule has 0 aliphatic carbocycles. The second kappa shape index (κ2) is 4.12. The Morgan fingerprint density at radius 2 is 2.20 bits per heavy atom. The first-order chi connectivity index (χ1) is 6.93. The van der Waals surface area contributed by atoms with Crippen LogP contribution in [-0.2, 0) is 4.79 Å². The zero-order valence-corrected chi connectivity index (χ0v) is 8.72. The van der Waals surface area contributed by atoms with E-state index in [9.17, 15) is 9.59 Å². The summed E-state index contributed by atoms with van der Waals surface area (Å²) in [5.41, 5.74) is 0. The van der Waals surface area contributed by atoms with Crippen LogP contribution < -0.4 is 0 Å². The van der Waals surface area contributed by atoms with Crippen molar-refractivity contribution in [3.63, 3.8) is 0 Å². The minimum Gasteiger partial charge on any atom is -0.480 e. The molecule has 1 amide bonds. The third-order valence-electron chi connectivity index (χ3n) is 2.06. The molecule has 0 aliphatic rings. The van der Waals surface area contributed by atoms with Crippen molar-refractivity contribution >= 4 is 11.9 Å². The largest absolute Gasteiger partial charge is 0.480 e. The number of amides is 1. The van der Waals surface area contributed by atoms with Crippen molar-refractivity contribution in [1.82, 2.24) is 9.88 Å². The molecule has 0 fully saturated rings. The van der Waals surface area contributed by atoms with E-state index in [2.05, 4.69) is 4.98 Å². The van der Waals surface area contributed by atoms with E-state index in [1.54, 1.807) is 6.92 Å². The van der Waals surface area contributed by atoms with Crippen LogP contribution in [0.15, 0.2) is 10.6 Å². The lowest BCUT2D eigenvalue weighted by Crippen LogP contribution is -2.40. The van der Waals surface area contributed by atoms with Crippen molar-refractivity contribution < 1.29 is 19.1 Å². The summed E-state index contributed by atoms with van der Waals surface area (Å²) in [6, 6.07) is -0.912. The van der Waals surface area contributed by atoms with Gasteiger partial charge in [-0.15, -0.1) is 0 Å². The van der Waals surface area contributed by atoms with Gasteiger partial charge in [0.2, 0.25) is 0 Å². The zero-order chi connectivity index (χ0) is 11.6. The predicted octanol–water partition coefficient (Wildman–Crippen LogP) is 0.528. The Morgan fingerprint density at radius 1 is 1.60 bits per heavy atom. The minimum absolute atomic E-state index is 0.0944. The summed E-state index contributed by atoms with van der Waals surface area (Å²) in [5, 5.41) is 8.71. The summed E-state index contributed by atoms with van der Waals surface area (Å²) < 4.78 is 5.00. The number of carboxylic acids is 1. The number of carbonyl (C=O) groups is 2. The van der Waals surface area contributed by atoms with Crippen LogP contribution in [0.4, 0.5) is 0 Å². The van der Waals surface area contributed by atoms with Gasteiger partial charge in [-0.3, -0.25) is 4.79 Å². The van der Waals surface area contributed by atoms with Crippen LogP contribution >= 0.6 is 0 Å². The zero-order valence-electron chi connectivity index (χ0n) is 8.72. The standard InChI is InChI=1S/C9H12N2O4/c1-5-4-10-7(15-5)8(12)11(3)6(2)9(13)14/h4,6H,1-3H3,(H,13,14). The number of nitrogens with zero attached hydrogens (tertiary/aromatic N) is 2. The molecule has 0 aromatic carbocycles. The molecule has 1 aromatic heterocycles. The number of oxazole rings is 1. The van der Waals surface area contributed by atoms with Crippen LogP contribution in [0.1, 0.15) is 23.4 Å². The van der Waals surface area contributed by atoms with Gasteiger partial charge in [0.15, 0.2) is 0 Å². The summed E-state index contributed by atoms with van der Waals surface area (Å²) in [5.74, 6) is -1.20. The molecule has 0 saturated carbocycles. The number of carboxylic acid groups (broad SMARTS) is 1. The van der Waals surface area contributed by atoms with E-state index < -0.39 is 17.9 Å². The Morgan fingerprint density at radius 3 is 2.60 bits per heavy atom. The van der Waals surface area contributed by atoms with Crippen molar-refractivity contribution in [3.8, 4) is 0 Å². The number of hydrogen-bond acceptors (Lipinski definition) is 4. The average molecular weight is 212 g/mol. The third-order valence-corrected chi connectivity index (χ3v) is 2.06. The van der Waals surface area contributed by atoms with Gasteiger partial charge in [-0.1, -0.05) is 0 Å². The molecule has 0 saturated heterocycles. The van der Waals surface area contributed by atoms with Gasteiger partial charge in [-0.25, -0.2) is 9.78 Å². The summed E-state index contributed by atoms with van der Waals surface area (Å²) in [7, 11) is 1.39. The van der Waals surface area contributed by atoms with Gasteiger partial charge in [0.1, 0.15) is 11.8 Å². The quantitative estimate of drug-likeness (QED) is 0.790. The number of likely N-dealkylation sites (N-methyl/N-ethyl adjacent to an activating group) is 1. The normalized spacial score (nSPS) is 12.2. The van der Waals surface area contributed by atoms with E-state index in [4.69, 9.17) is 9.52 Å². The monoisotopic (exact) mass is 212 g/mol. The fourth-order valence-electron chi connectivity index (χ4n) is 0.946. The van der Waals surface area contributed by atoms with Crippen LogP contribution in [0.25, 0.3) is 0 Å². The van der Waals surface area contributed by atoms with Gasteiger partial charge in [-0.2, -0.15) is 0 Å². The van der Waals surface area contributed by atoms with Gasteiger partial charge < -0.3 is 14.4 Å². The van der Waals surface area contributed by atoms with E-state index in [1.165, 1.54) is 20.2 Å². The molecule has 1 aromatic rings. The third kappa shape index (κ3) is 2.34. The number of rotatable bonds is 3. The highest BCUT2D eigenvalue weighted by Crippen LogP contribution is 2.07. The number of carbonyl (C=O) groups excluding carboxylic acids is 1. The van der Waals surface area contributed by atoms with Crippen molar-refractivity contribution in [2.24, 2.45) is 0 Å². The van der Waals surface area contributed by atoms with Crippen LogP contribution in [0.3, 0.4) is 0 Å². The fraction of sp³-hybridized carbons (Fsp3) is 0.444. The number of aromatic nitrogens is 1. The van der Waals surface area contributed by atoms with Gasteiger partial charge in [0, 0.05) is 7.05 Å². The molecule has 0 bridgehead atoms. The van der Waals surface area contributed by atoms with E-state index in [1.807, 2.05) is 0 Å². The predicted molar refractivity (Wildman–Crippen MR) is 50.4 cm³/mol. The number of aliphatic carboxylic acids is 1. The lowest BCUT2D eigenvalue weighted by Gasteiger charge is -2.19. The van der Waals surface area contributed by atoms with Crippen molar-refractivity contribution in [2.45, 2.75) is 19.9 Å². The maximum atomic E-state index is 11.6. The second-order valence-electron chi connectivity index (χ2n) is 3.21. The molecule has 82 valence electrons. The maximum Gasteiger partial charge on any atom is 0.326 e. The van der Waals surface area contributed by atoms with E-state index in [0.717, 1.165) is 4.90 Å². The van der Waals surface area contributed by atoms with Crippen LogP contribution in [0, 0.1) is 6.92 Å². The first kappa shape index (κ1) is 11.2. The molecular weight excluding hydrogens is 200 g/mol. The Hall–Kier alpha value is -1.85. The van der Waals surface area contributed by atoms with Gasteiger partial charge in [-0.05, 0) is 13.8 Å². The second-order valence-corrected chi connectivity index (χ2v) is 3.21. The highest BCUT2D eigenvalue weighted by molar-refractivity contribution is 5.92. The van der Waals surface area contributed by atoms with Gasteiger partial charge in [0.25, 0.3) is 5.89 Å². The lowest BCUT2D eigenvalue weighted by atomic mass is 10.3. The molecule has 6 heteroatoms. The molecule has 1 unspecified atom stereocenters. The van der Waals surface area contributed by atoms with Gasteiger partial charge in [0.05, 0.1) is 6.20 Å². The minimum atomic E-state index is -1.07. The first-order valence-corrected chi connectivity index (χ1v) is 4.36. The number of hydrogen-bond donors (Lipinski definition) is 1. The first-order valence-electron chi connectivity index (χ1n) is 4.36. The molecule has 1 heterocycles. The molecular formula is C9H12N2O4. The Labute approximate surface area is 86.5 Å². The van der Waals surface area contributed by atoms with E-state index >= 15 is 0 Å². The molecule has 0 aliphatic heterocycles. The molecule has 1 atom stereocenters. The molecule has 1 rings (SSSR count). The summed E-state index contributed by atoms with van der Waals surface area (Å²) >= 11 is 0. The summed E-state index contributed by atoms with van der Waals surface area (Å²) in [4.78, 5) is 27.0. The Kier molecular flexibility index (Phi) is 3.08. The molecule has 0 radical (unpaired) electrons. The molecule has 15 heavy (non-hydrogen) atoms. The Bertz CT molecular complexity index is 385. The topological polar surface area (TPSA) is 83.6 Å². The summed E-state index contributed by atoms with van der Waals surface area (Å²) in [6.45, 7) is 3.07. The average Bonchev–Trinajstić information content (AvgIpc) is 2.61. The van der Waals surface area contributed by atoms with E-state index in [-0.39, 0.29) is 5.89 Å². The van der Waals surface area contributed by atoms with Crippen LogP contribution in [-0.4, -0.2) is 40.0 Å². The Balaban J connectivity index is 2.81. The van der Waals surface area contributed by atoms with Crippen LogP contribution in [0.5, 0.6) is 0 Å². The SMILES string of the molecule is Cc1cnc(C(=O)N(C)C(C)C(=O)O)o1. The van der Waals surface area contributed by atoms with Crippen LogP contribution in [0.2, 0.25) is 0 Å². The van der Waals surface area contributed by atoms with Gasteiger partial charge >= 0.3 is 11.9 Å². The molecule has 0 spiro atoms. The molecule has 1 N–H and O–H groups in total. The fourth-order valence-corrected chi connectivity index (χ4v) is 0.946.